The lowest BCUT2D eigenvalue weighted by atomic mass is 10.3. The number of hydrogen-bond acceptors (Lipinski definition) is 3. The van der Waals surface area contributed by atoms with E-state index in [-0.39, 0.29) is 13.2 Å². The minimum Gasteiger partial charge on any atom is -0.489 e. The van der Waals surface area contributed by atoms with E-state index in [1.807, 2.05) is 0 Å². The van der Waals surface area contributed by atoms with Crippen molar-refractivity contribution in [2.45, 2.75) is 0 Å². The predicted molar refractivity (Wildman–Crippen MR) is 46.9 cm³/mol. The Morgan fingerprint density at radius 1 is 1.67 bits per heavy atom. The Morgan fingerprint density at radius 3 is 3.17 bits per heavy atom. The summed E-state index contributed by atoms with van der Waals surface area (Å²) in [6.07, 6.45) is 3.29. The third-order valence-electron chi connectivity index (χ3n) is 1.34. The zero-order valence-corrected chi connectivity index (χ0v) is 6.73. The van der Waals surface area contributed by atoms with Gasteiger partial charge in [-0.1, -0.05) is 6.58 Å². The lowest BCUT2D eigenvalue weighted by molar-refractivity contribution is 0.200. The van der Waals surface area contributed by atoms with Gasteiger partial charge in [-0.15, -0.1) is 0 Å². The number of hydrogen-bond donors (Lipinski definition) is 1. The molecule has 1 heterocycles. The van der Waals surface area contributed by atoms with E-state index in [0.717, 1.165) is 0 Å². The molecule has 0 aliphatic rings. The van der Waals surface area contributed by atoms with Gasteiger partial charge in [0.05, 0.1) is 6.61 Å². The van der Waals surface area contributed by atoms with Crippen molar-refractivity contribution in [1.29, 1.82) is 0 Å². The van der Waals surface area contributed by atoms with Crippen LogP contribution in [0.2, 0.25) is 0 Å². The molecule has 3 nitrogen and oxygen atoms in total. The molecular formula is C9H11NO2. The van der Waals surface area contributed by atoms with Crippen molar-refractivity contribution in [3.8, 4) is 5.75 Å². The fourth-order valence-corrected chi connectivity index (χ4v) is 0.834. The minimum absolute atomic E-state index is 0.00543. The fourth-order valence-electron chi connectivity index (χ4n) is 0.834. The molecule has 1 aromatic heterocycles. The Hall–Kier alpha value is -1.35. The van der Waals surface area contributed by atoms with Crippen molar-refractivity contribution in [1.82, 2.24) is 4.98 Å². The molecule has 0 radical (unpaired) electrons. The predicted octanol–water partition coefficient (Wildman–Crippen LogP) is 1.10. The van der Waals surface area contributed by atoms with E-state index in [2.05, 4.69) is 11.6 Å². The molecule has 0 amide bonds. The van der Waals surface area contributed by atoms with Crippen molar-refractivity contribution in [2.75, 3.05) is 13.2 Å². The van der Waals surface area contributed by atoms with Gasteiger partial charge in [-0.05, 0) is 18.2 Å². The highest BCUT2D eigenvalue weighted by Gasteiger charge is 1.98. The molecule has 0 saturated carbocycles. The van der Waals surface area contributed by atoms with Gasteiger partial charge in [0.2, 0.25) is 0 Å². The van der Waals surface area contributed by atoms with Crippen LogP contribution in [0.3, 0.4) is 0 Å². The van der Waals surface area contributed by atoms with Crippen LogP contribution in [0.25, 0.3) is 6.08 Å². The molecule has 12 heavy (non-hydrogen) atoms. The van der Waals surface area contributed by atoms with E-state index in [0.29, 0.717) is 11.4 Å². The average Bonchev–Trinajstić information content (AvgIpc) is 2.15. The van der Waals surface area contributed by atoms with Crippen molar-refractivity contribution in [3.05, 3.63) is 30.6 Å². The first-order valence-electron chi connectivity index (χ1n) is 3.69. The lowest BCUT2D eigenvalue weighted by Crippen LogP contribution is -2.03. The first kappa shape index (κ1) is 8.74. The standard InChI is InChI=1S/C9H11NO2/c1-2-8-9(12-7-6-11)4-3-5-10-8/h2-5,11H,1,6-7H2. The Labute approximate surface area is 71.3 Å². The van der Waals surface area contributed by atoms with Crippen LogP contribution in [0.4, 0.5) is 0 Å². The number of aromatic nitrogens is 1. The molecule has 1 aromatic rings. The van der Waals surface area contributed by atoms with Crippen LogP contribution in [0.5, 0.6) is 5.75 Å². The molecule has 0 aliphatic heterocycles. The summed E-state index contributed by atoms with van der Waals surface area (Å²) in [5.74, 6) is 0.654. The third-order valence-corrected chi connectivity index (χ3v) is 1.34. The fraction of sp³-hybridized carbons (Fsp3) is 0.222. The van der Waals surface area contributed by atoms with Crippen molar-refractivity contribution in [2.24, 2.45) is 0 Å². The first-order chi connectivity index (χ1) is 5.88. The largest absolute Gasteiger partial charge is 0.489 e. The van der Waals surface area contributed by atoms with Gasteiger partial charge in [0, 0.05) is 6.20 Å². The molecule has 1 rings (SSSR count). The van der Waals surface area contributed by atoms with Crippen LogP contribution < -0.4 is 4.74 Å². The smallest absolute Gasteiger partial charge is 0.145 e. The molecule has 0 atom stereocenters. The molecule has 0 unspecified atom stereocenters. The summed E-state index contributed by atoms with van der Waals surface area (Å²) < 4.78 is 5.19. The van der Waals surface area contributed by atoms with Crippen molar-refractivity contribution < 1.29 is 9.84 Å². The van der Waals surface area contributed by atoms with Crippen molar-refractivity contribution in [3.63, 3.8) is 0 Å². The summed E-state index contributed by atoms with van der Waals surface area (Å²) in [6.45, 7) is 3.88. The van der Waals surface area contributed by atoms with Gasteiger partial charge in [0.15, 0.2) is 0 Å². The SMILES string of the molecule is C=Cc1ncccc1OCCO. The van der Waals surface area contributed by atoms with Gasteiger partial charge in [-0.3, -0.25) is 4.98 Å². The number of aliphatic hydroxyl groups is 1. The Morgan fingerprint density at radius 2 is 2.50 bits per heavy atom. The van der Waals surface area contributed by atoms with Crippen LogP contribution >= 0.6 is 0 Å². The monoisotopic (exact) mass is 165 g/mol. The Bertz CT molecular complexity index is 260. The second-order valence-electron chi connectivity index (χ2n) is 2.16. The van der Waals surface area contributed by atoms with Crippen LogP contribution in [0, 0.1) is 0 Å². The summed E-state index contributed by atoms with van der Waals surface area (Å²) in [7, 11) is 0. The highest BCUT2D eigenvalue weighted by atomic mass is 16.5. The number of ether oxygens (including phenoxy) is 1. The quantitative estimate of drug-likeness (QED) is 0.726. The Balaban J connectivity index is 2.75. The molecule has 0 bridgehead atoms. The second-order valence-corrected chi connectivity index (χ2v) is 2.16. The molecule has 0 spiro atoms. The van der Waals surface area contributed by atoms with Crippen LogP contribution in [-0.2, 0) is 0 Å². The van der Waals surface area contributed by atoms with Gasteiger partial charge in [0.25, 0.3) is 0 Å². The zero-order valence-electron chi connectivity index (χ0n) is 6.73. The van der Waals surface area contributed by atoms with Crippen LogP contribution in [0.1, 0.15) is 5.69 Å². The maximum Gasteiger partial charge on any atom is 0.145 e. The Kier molecular flexibility index (Phi) is 3.29. The highest BCUT2D eigenvalue weighted by Crippen LogP contribution is 2.15. The number of aliphatic hydroxyl groups excluding tert-OH is 1. The van der Waals surface area contributed by atoms with E-state index in [1.165, 1.54) is 0 Å². The number of pyridine rings is 1. The summed E-state index contributed by atoms with van der Waals surface area (Å²) in [5.41, 5.74) is 0.700. The first-order valence-corrected chi connectivity index (χ1v) is 3.69. The van der Waals surface area contributed by atoms with Gasteiger partial charge in [-0.2, -0.15) is 0 Å². The van der Waals surface area contributed by atoms with Crippen LogP contribution in [-0.4, -0.2) is 23.3 Å². The molecular weight excluding hydrogens is 154 g/mol. The van der Waals surface area contributed by atoms with E-state index in [9.17, 15) is 0 Å². The van der Waals surface area contributed by atoms with E-state index in [1.54, 1.807) is 24.4 Å². The molecule has 0 aromatic carbocycles. The number of rotatable bonds is 4. The molecule has 1 N–H and O–H groups in total. The molecule has 0 aliphatic carbocycles. The maximum absolute atomic E-state index is 8.52. The van der Waals surface area contributed by atoms with E-state index in [4.69, 9.17) is 9.84 Å². The third kappa shape index (κ3) is 2.07. The second kappa shape index (κ2) is 4.51. The molecule has 64 valence electrons. The molecule has 0 fully saturated rings. The summed E-state index contributed by atoms with van der Waals surface area (Å²) in [5, 5.41) is 8.52. The summed E-state index contributed by atoms with van der Waals surface area (Å²) in [4.78, 5) is 4.03. The van der Waals surface area contributed by atoms with Gasteiger partial charge in [-0.25, -0.2) is 0 Å². The lowest BCUT2D eigenvalue weighted by Gasteiger charge is -2.05. The van der Waals surface area contributed by atoms with E-state index < -0.39 is 0 Å². The van der Waals surface area contributed by atoms with Gasteiger partial charge in [0.1, 0.15) is 18.1 Å². The topological polar surface area (TPSA) is 42.4 Å². The van der Waals surface area contributed by atoms with Crippen molar-refractivity contribution >= 4 is 6.08 Å². The summed E-state index contributed by atoms with van der Waals surface area (Å²) >= 11 is 0. The van der Waals surface area contributed by atoms with Gasteiger partial charge < -0.3 is 9.84 Å². The van der Waals surface area contributed by atoms with E-state index >= 15 is 0 Å². The van der Waals surface area contributed by atoms with Crippen LogP contribution in [0.15, 0.2) is 24.9 Å². The maximum atomic E-state index is 8.52. The average molecular weight is 165 g/mol. The number of nitrogens with zero attached hydrogens (tertiary/aromatic N) is 1. The molecule has 3 heteroatoms. The molecule has 0 saturated heterocycles. The zero-order chi connectivity index (χ0) is 8.81. The van der Waals surface area contributed by atoms with Gasteiger partial charge >= 0.3 is 0 Å². The normalized spacial score (nSPS) is 9.42. The minimum atomic E-state index is 0.00543. The highest BCUT2D eigenvalue weighted by molar-refractivity contribution is 5.50. The summed E-state index contributed by atoms with van der Waals surface area (Å²) in [6, 6.07) is 3.57.